The minimum absolute atomic E-state index is 0.234. The Balaban J connectivity index is 3.20. The lowest BCUT2D eigenvalue weighted by Gasteiger charge is -1.91. The SMILES string of the molecule is O=S(=O)(O)c1[c-][nH]cc1. The lowest BCUT2D eigenvalue weighted by Crippen LogP contribution is -1.94. The average Bonchev–Trinajstić information content (AvgIpc) is 2.08. The van der Waals surface area contributed by atoms with Gasteiger partial charge < -0.3 is 4.98 Å². The van der Waals surface area contributed by atoms with Crippen molar-refractivity contribution in [2.45, 2.75) is 4.90 Å². The summed E-state index contributed by atoms with van der Waals surface area (Å²) in [6.07, 6.45) is 3.58. The molecular formula is C4H4NO3S-. The van der Waals surface area contributed by atoms with Crippen molar-refractivity contribution in [2.75, 3.05) is 0 Å². The topological polar surface area (TPSA) is 70.2 Å². The molecule has 9 heavy (non-hydrogen) atoms. The number of rotatable bonds is 1. The summed E-state index contributed by atoms with van der Waals surface area (Å²) in [6.45, 7) is 0. The van der Waals surface area contributed by atoms with E-state index in [0.717, 1.165) is 0 Å². The second kappa shape index (κ2) is 1.85. The summed E-state index contributed by atoms with van der Waals surface area (Å²) in [5.74, 6) is 0. The molecule has 0 bridgehead atoms. The number of nitrogens with one attached hydrogen (secondary N) is 1. The van der Waals surface area contributed by atoms with Crippen LogP contribution in [0, 0.1) is 6.20 Å². The van der Waals surface area contributed by atoms with Gasteiger partial charge in [0.05, 0.1) is 0 Å². The number of aromatic amines is 1. The molecule has 0 fully saturated rings. The molecule has 0 unspecified atom stereocenters. The molecule has 0 spiro atoms. The van der Waals surface area contributed by atoms with Gasteiger partial charge in [0.15, 0.2) is 0 Å². The van der Waals surface area contributed by atoms with Gasteiger partial charge in [0, 0.05) is 0 Å². The molecule has 50 valence electrons. The minimum Gasteiger partial charge on any atom is -0.483 e. The molecule has 0 saturated heterocycles. The maximum absolute atomic E-state index is 10.2. The Kier molecular flexibility index (Phi) is 1.30. The van der Waals surface area contributed by atoms with Gasteiger partial charge >= 0.3 is 0 Å². The summed E-state index contributed by atoms with van der Waals surface area (Å²) in [5.41, 5.74) is 0. The van der Waals surface area contributed by atoms with Crippen LogP contribution in [0.3, 0.4) is 0 Å². The van der Waals surface area contributed by atoms with Crippen LogP contribution in [0.25, 0.3) is 0 Å². The van der Waals surface area contributed by atoms with Crippen LogP contribution in [-0.2, 0) is 10.1 Å². The van der Waals surface area contributed by atoms with Gasteiger partial charge in [-0.25, -0.2) is 0 Å². The number of H-pyrrole nitrogens is 1. The Morgan fingerprint density at radius 2 is 2.33 bits per heavy atom. The average molecular weight is 146 g/mol. The van der Waals surface area contributed by atoms with E-state index >= 15 is 0 Å². The molecule has 0 aliphatic heterocycles. The van der Waals surface area contributed by atoms with Gasteiger partial charge in [-0.15, -0.1) is 0 Å². The van der Waals surface area contributed by atoms with Crippen molar-refractivity contribution in [1.82, 2.24) is 4.98 Å². The Morgan fingerprint density at radius 1 is 1.67 bits per heavy atom. The minimum atomic E-state index is -4.05. The summed E-state index contributed by atoms with van der Waals surface area (Å²) in [4.78, 5) is 2.14. The summed E-state index contributed by atoms with van der Waals surface area (Å²) in [6, 6.07) is 1.22. The van der Waals surface area contributed by atoms with Gasteiger partial charge in [-0.2, -0.15) is 20.7 Å². The van der Waals surface area contributed by atoms with Crippen molar-refractivity contribution in [3.8, 4) is 0 Å². The standard InChI is InChI=1S/C4H4NO3S/c6-9(7,8)4-1-2-5-3-4/h1-2,5H,(H,6,7,8)/q-1. The zero-order valence-electron chi connectivity index (χ0n) is 4.33. The Morgan fingerprint density at radius 3 is 2.56 bits per heavy atom. The van der Waals surface area contributed by atoms with E-state index < -0.39 is 10.1 Å². The molecular weight excluding hydrogens is 142 g/mol. The van der Waals surface area contributed by atoms with E-state index in [-0.39, 0.29) is 4.90 Å². The van der Waals surface area contributed by atoms with Gasteiger partial charge in [0.1, 0.15) is 0 Å². The van der Waals surface area contributed by atoms with E-state index in [0.29, 0.717) is 0 Å². The molecule has 0 atom stereocenters. The van der Waals surface area contributed by atoms with Crippen molar-refractivity contribution in [1.29, 1.82) is 0 Å². The molecule has 1 aromatic rings. The highest BCUT2D eigenvalue weighted by Gasteiger charge is 2.00. The molecule has 0 saturated carbocycles. The van der Waals surface area contributed by atoms with Crippen molar-refractivity contribution in [3.05, 3.63) is 18.5 Å². The first kappa shape index (κ1) is 6.31. The highest BCUT2D eigenvalue weighted by molar-refractivity contribution is 7.85. The van der Waals surface area contributed by atoms with Crippen LogP contribution in [0.5, 0.6) is 0 Å². The van der Waals surface area contributed by atoms with Crippen LogP contribution < -0.4 is 0 Å². The molecule has 4 nitrogen and oxygen atoms in total. The normalized spacial score (nSPS) is 11.7. The molecule has 0 aliphatic carbocycles. The fourth-order valence-electron chi connectivity index (χ4n) is 0.422. The smallest absolute Gasteiger partial charge is 0.271 e. The highest BCUT2D eigenvalue weighted by Crippen LogP contribution is 2.02. The van der Waals surface area contributed by atoms with Crippen molar-refractivity contribution >= 4 is 10.1 Å². The van der Waals surface area contributed by atoms with E-state index in [9.17, 15) is 8.42 Å². The van der Waals surface area contributed by atoms with E-state index in [1.807, 2.05) is 0 Å². The van der Waals surface area contributed by atoms with E-state index in [4.69, 9.17) is 4.55 Å². The molecule has 0 aliphatic rings. The van der Waals surface area contributed by atoms with Crippen molar-refractivity contribution in [2.24, 2.45) is 0 Å². The van der Waals surface area contributed by atoms with Crippen LogP contribution in [0.15, 0.2) is 17.2 Å². The zero-order chi connectivity index (χ0) is 6.91. The lowest BCUT2D eigenvalue weighted by molar-refractivity contribution is 0.483. The summed E-state index contributed by atoms with van der Waals surface area (Å²) < 4.78 is 28.7. The fraction of sp³-hybridized carbons (Fsp3) is 0. The predicted molar refractivity (Wildman–Crippen MR) is 29.4 cm³/mol. The monoisotopic (exact) mass is 146 g/mol. The molecule has 0 aromatic carbocycles. The summed E-state index contributed by atoms with van der Waals surface area (Å²) in [7, 11) is -4.05. The van der Waals surface area contributed by atoms with Crippen LogP contribution in [0.4, 0.5) is 0 Å². The van der Waals surface area contributed by atoms with Gasteiger partial charge in [0.25, 0.3) is 10.1 Å². The van der Waals surface area contributed by atoms with E-state index in [1.54, 1.807) is 0 Å². The molecule has 1 heterocycles. The summed E-state index contributed by atoms with van der Waals surface area (Å²) >= 11 is 0. The molecule has 0 amide bonds. The van der Waals surface area contributed by atoms with E-state index in [1.165, 1.54) is 12.3 Å². The Bertz CT molecular complexity index is 273. The molecule has 5 heteroatoms. The third kappa shape index (κ3) is 1.30. The largest absolute Gasteiger partial charge is 0.483 e. The first-order valence-electron chi connectivity index (χ1n) is 2.13. The van der Waals surface area contributed by atoms with Gasteiger partial charge in [-0.1, -0.05) is 6.20 Å². The van der Waals surface area contributed by atoms with Gasteiger partial charge in [-0.05, 0) is 4.90 Å². The Labute approximate surface area is 52.3 Å². The molecule has 1 aromatic heterocycles. The zero-order valence-corrected chi connectivity index (χ0v) is 5.14. The first-order valence-corrected chi connectivity index (χ1v) is 3.57. The number of aromatic nitrogens is 1. The van der Waals surface area contributed by atoms with E-state index in [2.05, 4.69) is 11.2 Å². The number of hydrogen-bond acceptors (Lipinski definition) is 2. The summed E-state index contributed by atoms with van der Waals surface area (Å²) in [5, 5.41) is 0. The second-order valence-electron chi connectivity index (χ2n) is 1.44. The lowest BCUT2D eigenvalue weighted by atomic mass is 10.7. The van der Waals surface area contributed by atoms with Crippen LogP contribution >= 0.6 is 0 Å². The first-order chi connectivity index (χ1) is 4.11. The van der Waals surface area contributed by atoms with Crippen LogP contribution in [0.2, 0.25) is 0 Å². The molecule has 2 N–H and O–H groups in total. The third-order valence-electron chi connectivity index (χ3n) is 0.791. The highest BCUT2D eigenvalue weighted by atomic mass is 32.2. The predicted octanol–water partition coefficient (Wildman–Crippen LogP) is 0.0616. The van der Waals surface area contributed by atoms with Crippen molar-refractivity contribution < 1.29 is 13.0 Å². The maximum atomic E-state index is 10.2. The van der Waals surface area contributed by atoms with Crippen LogP contribution in [0.1, 0.15) is 0 Å². The third-order valence-corrected chi connectivity index (χ3v) is 1.59. The van der Waals surface area contributed by atoms with Gasteiger partial charge in [-0.3, -0.25) is 4.55 Å². The quantitative estimate of drug-likeness (QED) is 0.434. The van der Waals surface area contributed by atoms with Crippen molar-refractivity contribution in [3.63, 3.8) is 0 Å². The van der Waals surface area contributed by atoms with Crippen LogP contribution in [-0.4, -0.2) is 18.0 Å². The maximum Gasteiger partial charge on any atom is 0.271 e. The fourth-order valence-corrected chi connectivity index (χ4v) is 0.850. The molecule has 1 rings (SSSR count). The van der Waals surface area contributed by atoms with Gasteiger partial charge in [0.2, 0.25) is 0 Å². The number of hydrogen-bond donors (Lipinski definition) is 2. The Hall–Kier alpha value is -0.810. The second-order valence-corrected chi connectivity index (χ2v) is 2.83. The molecule has 0 radical (unpaired) electrons.